The summed E-state index contributed by atoms with van der Waals surface area (Å²) in [6.07, 6.45) is 4.95. The van der Waals surface area contributed by atoms with Gasteiger partial charge in [0, 0.05) is 24.2 Å². The molecule has 24 heavy (non-hydrogen) atoms. The molecule has 1 saturated heterocycles. The van der Waals surface area contributed by atoms with Crippen LogP contribution in [-0.2, 0) is 11.8 Å². The van der Waals surface area contributed by atoms with Crippen LogP contribution in [0.15, 0.2) is 14.9 Å². The predicted octanol–water partition coefficient (Wildman–Crippen LogP) is 4.58. The van der Waals surface area contributed by atoms with Gasteiger partial charge in [-0.2, -0.15) is 0 Å². The lowest BCUT2D eigenvalue weighted by Gasteiger charge is -2.29. The van der Waals surface area contributed by atoms with Crippen molar-refractivity contribution in [2.45, 2.75) is 49.7 Å². The standard InChI is InChI=1S/C18H22N2O2S2/c1-4-23-17-13-11(9-18(2,3)12-10-19-22-14(12)13)15(24-17)16(21)20-7-5-6-8-20/h10H,4-9H2,1-3H3. The highest BCUT2D eigenvalue weighted by atomic mass is 32.2. The minimum absolute atomic E-state index is 0.0579. The SMILES string of the molecule is CCSc1sc(C(=O)N2CCCC2)c2c1-c1oncc1C(C)(C)C2. The molecule has 0 bridgehead atoms. The summed E-state index contributed by atoms with van der Waals surface area (Å²) in [5.74, 6) is 2.06. The molecule has 0 saturated carbocycles. The minimum atomic E-state index is -0.0579. The Hall–Kier alpha value is -1.27. The molecule has 0 unspecified atom stereocenters. The van der Waals surface area contributed by atoms with Gasteiger partial charge in [0.1, 0.15) is 0 Å². The third-order valence-corrected chi connectivity index (χ3v) is 7.36. The van der Waals surface area contributed by atoms with Gasteiger partial charge in [-0.1, -0.05) is 25.9 Å². The molecule has 2 aromatic rings. The van der Waals surface area contributed by atoms with Crippen LogP contribution in [0.25, 0.3) is 11.3 Å². The summed E-state index contributed by atoms with van der Waals surface area (Å²) >= 11 is 3.44. The molecule has 0 spiro atoms. The van der Waals surface area contributed by atoms with Gasteiger partial charge in [0.05, 0.1) is 15.3 Å². The van der Waals surface area contributed by atoms with Crippen LogP contribution in [0.2, 0.25) is 0 Å². The lowest BCUT2D eigenvalue weighted by molar-refractivity contribution is 0.0796. The highest BCUT2D eigenvalue weighted by Gasteiger charge is 2.40. The van der Waals surface area contributed by atoms with Crippen molar-refractivity contribution in [2.75, 3.05) is 18.8 Å². The Balaban J connectivity index is 1.87. The molecule has 128 valence electrons. The number of hydrogen-bond donors (Lipinski definition) is 0. The molecular formula is C18H22N2O2S2. The van der Waals surface area contributed by atoms with Crippen LogP contribution < -0.4 is 0 Å². The number of fused-ring (bicyclic) bond motifs is 3. The molecule has 1 aliphatic carbocycles. The molecule has 1 amide bonds. The molecular weight excluding hydrogens is 340 g/mol. The Kier molecular flexibility index (Phi) is 4.00. The second-order valence-corrected chi connectivity index (χ2v) is 9.69. The number of likely N-dealkylation sites (tertiary alicyclic amines) is 1. The van der Waals surface area contributed by atoms with Gasteiger partial charge in [-0.25, -0.2) is 0 Å². The second-order valence-electron chi connectivity index (χ2n) is 7.13. The zero-order valence-electron chi connectivity index (χ0n) is 14.3. The summed E-state index contributed by atoms with van der Waals surface area (Å²) in [5, 5.41) is 4.06. The van der Waals surface area contributed by atoms with E-state index in [1.165, 1.54) is 9.77 Å². The summed E-state index contributed by atoms with van der Waals surface area (Å²) in [4.78, 5) is 16.0. The highest BCUT2D eigenvalue weighted by molar-refractivity contribution is 8.01. The van der Waals surface area contributed by atoms with Crippen molar-refractivity contribution >= 4 is 29.0 Å². The van der Waals surface area contributed by atoms with E-state index in [1.807, 2.05) is 11.1 Å². The highest BCUT2D eigenvalue weighted by Crippen LogP contribution is 2.51. The molecule has 1 fully saturated rings. The number of nitrogens with zero attached hydrogens (tertiary/aromatic N) is 2. The number of thioether (sulfide) groups is 1. The quantitative estimate of drug-likeness (QED) is 0.750. The van der Waals surface area contributed by atoms with Crippen molar-refractivity contribution < 1.29 is 9.32 Å². The number of aromatic nitrogens is 1. The van der Waals surface area contributed by atoms with E-state index < -0.39 is 0 Å². The van der Waals surface area contributed by atoms with Gasteiger partial charge in [-0.3, -0.25) is 4.79 Å². The van der Waals surface area contributed by atoms with E-state index in [-0.39, 0.29) is 11.3 Å². The second kappa shape index (κ2) is 5.92. The number of carbonyl (C=O) groups excluding carboxylic acids is 1. The first-order valence-electron chi connectivity index (χ1n) is 8.56. The first-order chi connectivity index (χ1) is 11.5. The zero-order valence-corrected chi connectivity index (χ0v) is 16.0. The van der Waals surface area contributed by atoms with Crippen LogP contribution in [0.3, 0.4) is 0 Å². The van der Waals surface area contributed by atoms with E-state index >= 15 is 0 Å². The third kappa shape index (κ3) is 2.42. The molecule has 2 aliphatic rings. The maximum Gasteiger partial charge on any atom is 0.264 e. The van der Waals surface area contributed by atoms with E-state index in [4.69, 9.17) is 4.52 Å². The number of rotatable bonds is 3. The van der Waals surface area contributed by atoms with Crippen LogP contribution in [0.4, 0.5) is 0 Å². The van der Waals surface area contributed by atoms with Crippen molar-refractivity contribution in [3.63, 3.8) is 0 Å². The van der Waals surface area contributed by atoms with Crippen LogP contribution in [0, 0.1) is 0 Å². The average molecular weight is 363 g/mol. The van der Waals surface area contributed by atoms with Crippen molar-refractivity contribution in [2.24, 2.45) is 0 Å². The molecule has 3 heterocycles. The fourth-order valence-electron chi connectivity index (χ4n) is 3.75. The smallest absolute Gasteiger partial charge is 0.264 e. The Morgan fingerprint density at radius 3 is 2.88 bits per heavy atom. The first-order valence-corrected chi connectivity index (χ1v) is 10.4. The molecule has 1 aliphatic heterocycles. The maximum absolute atomic E-state index is 13.1. The monoisotopic (exact) mass is 362 g/mol. The van der Waals surface area contributed by atoms with Gasteiger partial charge in [0.15, 0.2) is 5.76 Å². The maximum atomic E-state index is 13.1. The lowest BCUT2D eigenvalue weighted by atomic mass is 9.73. The van der Waals surface area contributed by atoms with Crippen molar-refractivity contribution in [3.05, 3.63) is 22.2 Å². The molecule has 0 N–H and O–H groups in total. The lowest BCUT2D eigenvalue weighted by Crippen LogP contribution is -2.30. The minimum Gasteiger partial charge on any atom is -0.356 e. The molecule has 2 aromatic heterocycles. The predicted molar refractivity (Wildman–Crippen MR) is 98.1 cm³/mol. The van der Waals surface area contributed by atoms with Crippen molar-refractivity contribution in [1.29, 1.82) is 0 Å². The third-order valence-electron chi connectivity index (χ3n) is 4.98. The van der Waals surface area contributed by atoms with Crippen LogP contribution in [0.1, 0.15) is 54.4 Å². The summed E-state index contributed by atoms with van der Waals surface area (Å²) in [6.45, 7) is 8.34. The fourth-order valence-corrected chi connectivity index (χ4v) is 6.23. The normalized spacial score (nSPS) is 18.5. The largest absolute Gasteiger partial charge is 0.356 e. The van der Waals surface area contributed by atoms with Crippen LogP contribution in [-0.4, -0.2) is 34.8 Å². The average Bonchev–Trinajstić information content (AvgIpc) is 3.26. The molecule has 4 rings (SSSR count). The fraction of sp³-hybridized carbons (Fsp3) is 0.556. The Morgan fingerprint density at radius 1 is 1.42 bits per heavy atom. The van der Waals surface area contributed by atoms with Gasteiger partial charge in [-0.15, -0.1) is 23.1 Å². The first kappa shape index (κ1) is 16.2. The summed E-state index contributed by atoms with van der Waals surface area (Å²) in [7, 11) is 0. The zero-order chi connectivity index (χ0) is 16.9. The van der Waals surface area contributed by atoms with E-state index in [1.54, 1.807) is 23.1 Å². The van der Waals surface area contributed by atoms with Gasteiger partial charge in [-0.05, 0) is 36.0 Å². The topological polar surface area (TPSA) is 46.3 Å². The molecule has 0 atom stereocenters. The van der Waals surface area contributed by atoms with Crippen molar-refractivity contribution in [3.8, 4) is 11.3 Å². The van der Waals surface area contributed by atoms with E-state index in [9.17, 15) is 4.79 Å². The van der Waals surface area contributed by atoms with Crippen LogP contribution >= 0.6 is 23.1 Å². The molecule has 6 heteroatoms. The Labute approximate surface area is 150 Å². The Bertz CT molecular complexity index is 785. The number of hydrogen-bond acceptors (Lipinski definition) is 5. The Morgan fingerprint density at radius 2 is 2.17 bits per heavy atom. The van der Waals surface area contributed by atoms with E-state index in [2.05, 4.69) is 25.9 Å². The number of amides is 1. The molecule has 0 aromatic carbocycles. The van der Waals surface area contributed by atoms with Crippen molar-refractivity contribution in [1.82, 2.24) is 10.1 Å². The molecule has 4 nitrogen and oxygen atoms in total. The van der Waals surface area contributed by atoms with Crippen LogP contribution in [0.5, 0.6) is 0 Å². The van der Waals surface area contributed by atoms with Gasteiger partial charge < -0.3 is 9.42 Å². The summed E-state index contributed by atoms with van der Waals surface area (Å²) < 4.78 is 6.84. The number of carbonyl (C=O) groups is 1. The van der Waals surface area contributed by atoms with Gasteiger partial charge >= 0.3 is 0 Å². The summed E-state index contributed by atoms with van der Waals surface area (Å²) in [6, 6.07) is 0. The van der Waals surface area contributed by atoms with Gasteiger partial charge in [0.2, 0.25) is 0 Å². The van der Waals surface area contributed by atoms with E-state index in [0.29, 0.717) is 0 Å². The number of thiophene rings is 1. The van der Waals surface area contributed by atoms with E-state index in [0.717, 1.165) is 59.9 Å². The van der Waals surface area contributed by atoms with Gasteiger partial charge in [0.25, 0.3) is 5.91 Å². The molecule has 0 radical (unpaired) electrons. The summed E-state index contributed by atoms with van der Waals surface area (Å²) in [5.41, 5.74) is 3.40.